The van der Waals surface area contributed by atoms with Crippen LogP contribution >= 0.6 is 11.6 Å². The number of nitrogens with one attached hydrogen (secondary N) is 1. The van der Waals surface area contributed by atoms with Crippen LogP contribution < -0.4 is 5.32 Å². The minimum atomic E-state index is -3.72. The highest BCUT2D eigenvalue weighted by atomic mass is 35.5. The molecule has 2 aromatic carbocycles. The van der Waals surface area contributed by atoms with Crippen molar-refractivity contribution >= 4 is 27.5 Å². The van der Waals surface area contributed by atoms with Crippen LogP contribution in [-0.4, -0.2) is 38.3 Å². The van der Waals surface area contributed by atoms with Crippen LogP contribution in [0.4, 0.5) is 0 Å². The molecule has 1 aliphatic rings. The summed E-state index contributed by atoms with van der Waals surface area (Å²) in [5, 5.41) is 3.03. The Morgan fingerprint density at radius 3 is 2.37 bits per heavy atom. The predicted octanol–water partition coefficient (Wildman–Crippen LogP) is 4.58. The molecule has 1 fully saturated rings. The number of carbonyl (C=O) groups excluding carboxylic acids is 1. The van der Waals surface area contributed by atoms with Gasteiger partial charge in [0, 0.05) is 25.2 Å². The van der Waals surface area contributed by atoms with E-state index in [1.54, 1.807) is 6.07 Å². The van der Waals surface area contributed by atoms with Crippen LogP contribution in [0.3, 0.4) is 0 Å². The van der Waals surface area contributed by atoms with Crippen molar-refractivity contribution < 1.29 is 13.2 Å². The van der Waals surface area contributed by atoms with E-state index in [1.165, 1.54) is 27.6 Å². The number of hydrogen-bond acceptors (Lipinski definition) is 3. The fourth-order valence-corrected chi connectivity index (χ4v) is 5.63. The van der Waals surface area contributed by atoms with Crippen LogP contribution in [0, 0.1) is 6.92 Å². The molecule has 1 saturated heterocycles. The fourth-order valence-electron chi connectivity index (χ4n) is 3.61. The molecule has 0 unspecified atom stereocenters. The highest BCUT2D eigenvalue weighted by molar-refractivity contribution is 7.89. The Morgan fingerprint density at radius 1 is 1.03 bits per heavy atom. The minimum Gasteiger partial charge on any atom is -0.352 e. The Morgan fingerprint density at radius 2 is 1.70 bits per heavy atom. The van der Waals surface area contributed by atoms with Crippen molar-refractivity contribution in [3.63, 3.8) is 0 Å². The van der Waals surface area contributed by atoms with E-state index in [9.17, 15) is 13.2 Å². The summed E-state index contributed by atoms with van der Waals surface area (Å²) in [7, 11) is -3.72. The van der Waals surface area contributed by atoms with E-state index in [4.69, 9.17) is 11.6 Å². The van der Waals surface area contributed by atoms with Gasteiger partial charge < -0.3 is 5.32 Å². The number of hydrogen-bond donors (Lipinski definition) is 1. The molecule has 162 valence electrons. The number of carbonyl (C=O) groups is 1. The van der Waals surface area contributed by atoms with E-state index < -0.39 is 10.0 Å². The lowest BCUT2D eigenvalue weighted by atomic mass is 10.1. The molecule has 1 N–H and O–H groups in total. The summed E-state index contributed by atoms with van der Waals surface area (Å²) in [6.45, 7) is 3.56. The van der Waals surface area contributed by atoms with Gasteiger partial charge in [0.25, 0.3) is 5.91 Å². The number of benzene rings is 2. The standard InChI is InChI=1S/C23H29ClN2O3S/c1-18-8-10-19(11-9-18)7-6-14-25-23(27)20-12-13-21(24)22(17-20)30(28,29)26-15-4-2-3-5-16-26/h8-13,17H,2-7,14-16H2,1H3,(H,25,27). The van der Waals surface area contributed by atoms with Gasteiger partial charge in [-0.1, -0.05) is 54.3 Å². The Labute approximate surface area is 184 Å². The maximum atomic E-state index is 13.1. The SMILES string of the molecule is Cc1ccc(CCCNC(=O)c2ccc(Cl)c(S(=O)(=O)N3CCCCCC3)c2)cc1. The van der Waals surface area contributed by atoms with Crippen molar-refractivity contribution in [3.05, 3.63) is 64.2 Å². The molecule has 1 aliphatic heterocycles. The number of rotatable bonds is 7. The smallest absolute Gasteiger partial charge is 0.251 e. The second-order valence-electron chi connectivity index (χ2n) is 7.81. The zero-order valence-corrected chi connectivity index (χ0v) is 18.9. The van der Waals surface area contributed by atoms with Crippen molar-refractivity contribution in [1.82, 2.24) is 9.62 Å². The quantitative estimate of drug-likeness (QED) is 0.630. The highest BCUT2D eigenvalue weighted by Crippen LogP contribution is 2.27. The summed E-state index contributed by atoms with van der Waals surface area (Å²) in [5.74, 6) is -0.289. The molecule has 1 heterocycles. The van der Waals surface area contributed by atoms with Crippen LogP contribution in [0.1, 0.15) is 53.6 Å². The van der Waals surface area contributed by atoms with Crippen LogP contribution in [0.2, 0.25) is 5.02 Å². The van der Waals surface area contributed by atoms with E-state index >= 15 is 0 Å². The lowest BCUT2D eigenvalue weighted by Gasteiger charge is -2.21. The van der Waals surface area contributed by atoms with Crippen LogP contribution in [0.15, 0.2) is 47.4 Å². The Balaban J connectivity index is 1.63. The first-order valence-electron chi connectivity index (χ1n) is 10.5. The first-order valence-corrected chi connectivity index (χ1v) is 12.3. The van der Waals surface area contributed by atoms with Crippen molar-refractivity contribution in [2.45, 2.75) is 50.3 Å². The van der Waals surface area contributed by atoms with E-state index in [-0.39, 0.29) is 15.8 Å². The van der Waals surface area contributed by atoms with Crippen molar-refractivity contribution in [1.29, 1.82) is 0 Å². The van der Waals surface area contributed by atoms with E-state index in [0.29, 0.717) is 25.2 Å². The maximum Gasteiger partial charge on any atom is 0.251 e. The molecule has 0 aromatic heterocycles. The van der Waals surface area contributed by atoms with E-state index in [0.717, 1.165) is 38.5 Å². The molecule has 1 amide bonds. The first-order chi connectivity index (χ1) is 14.4. The Hall–Kier alpha value is -1.89. The van der Waals surface area contributed by atoms with Crippen LogP contribution in [0.5, 0.6) is 0 Å². The first kappa shape index (κ1) is 22.8. The van der Waals surface area contributed by atoms with Gasteiger partial charge in [0.15, 0.2) is 0 Å². The fraction of sp³-hybridized carbons (Fsp3) is 0.435. The molecule has 3 rings (SSSR count). The number of halogens is 1. The zero-order valence-electron chi connectivity index (χ0n) is 17.4. The lowest BCUT2D eigenvalue weighted by Crippen LogP contribution is -2.32. The lowest BCUT2D eigenvalue weighted by molar-refractivity contribution is 0.0953. The van der Waals surface area contributed by atoms with Gasteiger partial charge in [0.05, 0.1) is 5.02 Å². The van der Waals surface area contributed by atoms with Gasteiger partial charge in [0.1, 0.15) is 4.90 Å². The van der Waals surface area contributed by atoms with Crippen molar-refractivity contribution in [3.8, 4) is 0 Å². The summed E-state index contributed by atoms with van der Waals surface area (Å²) < 4.78 is 27.7. The van der Waals surface area contributed by atoms with Crippen molar-refractivity contribution in [2.75, 3.05) is 19.6 Å². The molecule has 0 aliphatic carbocycles. The minimum absolute atomic E-state index is 0.0124. The van der Waals surface area contributed by atoms with E-state index in [1.807, 2.05) is 0 Å². The maximum absolute atomic E-state index is 13.1. The van der Waals surface area contributed by atoms with Gasteiger partial charge >= 0.3 is 0 Å². The van der Waals surface area contributed by atoms with Gasteiger partial charge in [-0.15, -0.1) is 0 Å². The molecule has 0 bridgehead atoms. The molecule has 0 saturated carbocycles. The summed E-state index contributed by atoms with van der Waals surface area (Å²) in [4.78, 5) is 12.6. The summed E-state index contributed by atoms with van der Waals surface area (Å²) >= 11 is 6.21. The average molecular weight is 449 g/mol. The normalized spacial score (nSPS) is 15.5. The number of nitrogens with zero attached hydrogens (tertiary/aromatic N) is 1. The molecule has 2 aromatic rings. The van der Waals surface area contributed by atoms with Gasteiger partial charge in [-0.2, -0.15) is 4.31 Å². The molecule has 0 atom stereocenters. The Bertz CT molecular complexity index is 966. The average Bonchev–Trinajstić information content (AvgIpc) is 3.03. The zero-order chi connectivity index (χ0) is 21.6. The number of amides is 1. The second-order valence-corrected chi connectivity index (χ2v) is 10.1. The van der Waals surface area contributed by atoms with Crippen LogP contribution in [-0.2, 0) is 16.4 Å². The van der Waals surface area contributed by atoms with Gasteiger partial charge in [-0.25, -0.2) is 8.42 Å². The molecule has 7 heteroatoms. The van der Waals surface area contributed by atoms with Gasteiger partial charge in [-0.05, 0) is 56.4 Å². The Kier molecular flexibility index (Phi) is 7.92. The molecule has 30 heavy (non-hydrogen) atoms. The highest BCUT2D eigenvalue weighted by Gasteiger charge is 2.28. The van der Waals surface area contributed by atoms with E-state index in [2.05, 4.69) is 36.5 Å². The van der Waals surface area contributed by atoms with Crippen LogP contribution in [0.25, 0.3) is 0 Å². The third-order valence-corrected chi connectivity index (χ3v) is 7.80. The molecule has 0 spiro atoms. The monoisotopic (exact) mass is 448 g/mol. The second kappa shape index (κ2) is 10.4. The topological polar surface area (TPSA) is 66.5 Å². The molecular formula is C23H29ClN2O3S. The molecule has 0 radical (unpaired) electrons. The van der Waals surface area contributed by atoms with Gasteiger partial charge in [0.2, 0.25) is 10.0 Å². The number of aryl methyl sites for hydroxylation is 2. The third kappa shape index (κ3) is 5.84. The third-order valence-electron chi connectivity index (χ3n) is 5.42. The largest absolute Gasteiger partial charge is 0.352 e. The molecule has 5 nitrogen and oxygen atoms in total. The predicted molar refractivity (Wildman–Crippen MR) is 121 cm³/mol. The van der Waals surface area contributed by atoms with Crippen molar-refractivity contribution in [2.24, 2.45) is 0 Å². The summed E-state index contributed by atoms with van der Waals surface area (Å²) in [5.41, 5.74) is 2.76. The van der Waals surface area contributed by atoms with Gasteiger partial charge in [-0.3, -0.25) is 4.79 Å². The molecular weight excluding hydrogens is 420 g/mol. The summed E-state index contributed by atoms with van der Waals surface area (Å²) in [6.07, 6.45) is 5.43. The number of sulfonamides is 1. The summed E-state index contributed by atoms with van der Waals surface area (Å²) in [6, 6.07) is 12.8.